The van der Waals surface area contributed by atoms with Crippen molar-refractivity contribution >= 4 is 27.7 Å². The summed E-state index contributed by atoms with van der Waals surface area (Å²) in [7, 11) is -0.542. The molecule has 2 unspecified atom stereocenters. The summed E-state index contributed by atoms with van der Waals surface area (Å²) in [5, 5.41) is 9.00. The van der Waals surface area contributed by atoms with Crippen molar-refractivity contribution in [2.45, 2.75) is 81.5 Å². The average molecular weight is 663 g/mol. The number of sulfonamides is 1. The summed E-state index contributed by atoms with van der Waals surface area (Å²) in [5.74, 6) is -2.01. The van der Waals surface area contributed by atoms with E-state index >= 15 is 4.39 Å². The second-order valence-electron chi connectivity index (χ2n) is 12.5. The monoisotopic (exact) mass is 662 g/mol. The van der Waals surface area contributed by atoms with Crippen LogP contribution in [0.2, 0.25) is 0 Å². The number of benzene rings is 2. The number of piperazine rings is 1. The van der Waals surface area contributed by atoms with Crippen LogP contribution in [0.4, 0.5) is 19.3 Å². The molecule has 2 aromatic rings. The molecule has 13 heteroatoms. The van der Waals surface area contributed by atoms with Crippen molar-refractivity contribution in [1.29, 1.82) is 0 Å². The zero-order valence-corrected chi connectivity index (χ0v) is 27.2. The van der Waals surface area contributed by atoms with Gasteiger partial charge in [-0.25, -0.2) is 22.0 Å². The molecule has 2 heterocycles. The van der Waals surface area contributed by atoms with Crippen molar-refractivity contribution in [3.8, 4) is 0 Å². The van der Waals surface area contributed by atoms with Crippen LogP contribution in [0.3, 0.4) is 0 Å². The van der Waals surface area contributed by atoms with E-state index < -0.39 is 45.6 Å². The molecule has 2 aromatic carbocycles. The maximum Gasteiger partial charge on any atom is 0.407 e. The summed E-state index contributed by atoms with van der Waals surface area (Å²) in [6, 6.07) is 8.93. The van der Waals surface area contributed by atoms with Crippen molar-refractivity contribution in [3.63, 3.8) is 0 Å². The molecule has 2 saturated heterocycles. The number of ether oxygens (including phenoxy) is 2. The van der Waals surface area contributed by atoms with Gasteiger partial charge >= 0.3 is 6.09 Å². The third kappa shape index (κ3) is 8.04. The van der Waals surface area contributed by atoms with Crippen LogP contribution in [0.5, 0.6) is 0 Å². The predicted molar refractivity (Wildman–Crippen MR) is 170 cm³/mol. The van der Waals surface area contributed by atoms with Crippen LogP contribution in [0.15, 0.2) is 42.5 Å². The van der Waals surface area contributed by atoms with Crippen molar-refractivity contribution < 1.29 is 36.3 Å². The van der Waals surface area contributed by atoms with E-state index in [2.05, 4.69) is 16.0 Å². The number of halogens is 2. The molecule has 3 aliphatic rings. The number of carbonyl (C=O) groups is 2. The molecule has 5 atom stereocenters. The van der Waals surface area contributed by atoms with E-state index in [4.69, 9.17) is 9.47 Å². The Labute approximate surface area is 269 Å². The summed E-state index contributed by atoms with van der Waals surface area (Å²) in [4.78, 5) is 26.7. The van der Waals surface area contributed by atoms with Crippen LogP contribution in [-0.2, 0) is 30.7 Å². The van der Waals surface area contributed by atoms with Crippen molar-refractivity contribution in [1.82, 2.24) is 14.9 Å². The lowest BCUT2D eigenvalue weighted by Gasteiger charge is -2.38. The number of carbonyl (C=O) groups excluding carboxylic acids is 2. The van der Waals surface area contributed by atoms with E-state index in [-0.39, 0.29) is 47.5 Å². The van der Waals surface area contributed by atoms with Gasteiger partial charge in [0.2, 0.25) is 15.9 Å². The molecule has 10 nitrogen and oxygen atoms in total. The Bertz CT molecular complexity index is 1470. The normalized spacial score (nSPS) is 27.1. The molecule has 3 N–H and O–H groups in total. The Morgan fingerprint density at radius 3 is 2.48 bits per heavy atom. The van der Waals surface area contributed by atoms with Gasteiger partial charge in [-0.2, -0.15) is 4.31 Å². The first kappa shape index (κ1) is 34.2. The van der Waals surface area contributed by atoms with E-state index in [1.807, 2.05) is 0 Å². The van der Waals surface area contributed by atoms with Gasteiger partial charge in [-0.3, -0.25) is 4.79 Å². The van der Waals surface area contributed by atoms with Gasteiger partial charge in [0, 0.05) is 49.5 Å². The van der Waals surface area contributed by atoms with E-state index in [1.165, 1.54) is 31.4 Å². The molecular formula is C33H44F2N4O6S. The van der Waals surface area contributed by atoms with Gasteiger partial charge in [-0.05, 0) is 87.1 Å². The van der Waals surface area contributed by atoms with E-state index in [9.17, 15) is 22.4 Å². The Balaban J connectivity index is 1.40. The molecule has 0 spiro atoms. The predicted octanol–water partition coefficient (Wildman–Crippen LogP) is 4.32. The molecule has 2 amide bonds. The van der Waals surface area contributed by atoms with Gasteiger partial charge in [-0.1, -0.05) is 18.2 Å². The van der Waals surface area contributed by atoms with Crippen LogP contribution in [-0.4, -0.2) is 82.0 Å². The number of methoxy groups -OCH3 is 2. The lowest BCUT2D eigenvalue weighted by molar-refractivity contribution is -0.119. The topological polar surface area (TPSA) is 126 Å². The number of anilines is 1. The molecule has 1 aliphatic carbocycles. The average Bonchev–Trinajstić information content (AvgIpc) is 3.16. The third-order valence-electron chi connectivity index (χ3n) is 9.78. The third-order valence-corrected chi connectivity index (χ3v) is 11.7. The minimum absolute atomic E-state index is 0.0463. The number of fused-ring (bicyclic) bond motifs is 2. The molecule has 2 bridgehead atoms. The SMILES string of the molecule is COC(=O)NC(C(=O)Nc1cccc(F)c1CC[C@H]1CN[C@@H]2CCCS(=O)(=O)N1C2)[C@@H](c1ccc(F)cc1)C1CCC(OC)CC1. The highest BCUT2D eigenvalue weighted by atomic mass is 32.2. The first-order chi connectivity index (χ1) is 22.1. The summed E-state index contributed by atoms with van der Waals surface area (Å²) in [6.07, 6.45) is 4.18. The quantitative estimate of drug-likeness (QED) is 0.346. The molecule has 46 heavy (non-hydrogen) atoms. The van der Waals surface area contributed by atoms with Crippen molar-refractivity contribution in [2.24, 2.45) is 5.92 Å². The fraction of sp³-hybridized carbons (Fsp3) is 0.576. The fourth-order valence-electron chi connectivity index (χ4n) is 7.31. The highest BCUT2D eigenvalue weighted by Crippen LogP contribution is 2.40. The van der Waals surface area contributed by atoms with Crippen molar-refractivity contribution in [3.05, 3.63) is 65.2 Å². The largest absolute Gasteiger partial charge is 0.453 e. The maximum absolute atomic E-state index is 15.4. The lowest BCUT2D eigenvalue weighted by Crippen LogP contribution is -2.57. The van der Waals surface area contributed by atoms with Gasteiger partial charge in [0.1, 0.15) is 17.7 Å². The second-order valence-corrected chi connectivity index (χ2v) is 14.6. The Morgan fingerprint density at radius 1 is 1.04 bits per heavy atom. The minimum atomic E-state index is -3.42. The number of nitrogens with one attached hydrogen (secondary N) is 3. The van der Waals surface area contributed by atoms with Crippen LogP contribution >= 0.6 is 0 Å². The molecule has 2 aliphatic heterocycles. The Morgan fingerprint density at radius 2 is 1.78 bits per heavy atom. The van der Waals surface area contributed by atoms with E-state index in [0.29, 0.717) is 44.3 Å². The van der Waals surface area contributed by atoms with Gasteiger partial charge in [0.05, 0.1) is 19.0 Å². The van der Waals surface area contributed by atoms with Gasteiger partial charge < -0.3 is 25.4 Å². The first-order valence-corrected chi connectivity index (χ1v) is 17.6. The van der Waals surface area contributed by atoms with E-state index in [1.54, 1.807) is 29.6 Å². The summed E-state index contributed by atoms with van der Waals surface area (Å²) in [5.41, 5.74) is 1.17. The summed E-state index contributed by atoms with van der Waals surface area (Å²) >= 11 is 0. The smallest absolute Gasteiger partial charge is 0.407 e. The molecule has 0 aromatic heterocycles. The van der Waals surface area contributed by atoms with Crippen LogP contribution in [0.1, 0.15) is 62.0 Å². The van der Waals surface area contributed by atoms with E-state index in [0.717, 1.165) is 19.3 Å². The standard InChI is InChI=1S/C33H44F2N4O6S/c1-44-26-15-10-22(11-16-26)30(21-8-12-23(34)13-9-21)31(38-33(41)45-2)32(40)37-29-7-3-6-28(35)27(29)17-14-25-19-36-24-5-4-18-46(42,43)39(25)20-24/h3,6-9,12-13,22,24-26,30-31,36H,4-5,10-11,14-20H2,1-2H3,(H,37,40)(H,38,41)/t22?,24-,25+,26?,30+,31?/m1/s1. The number of hydrogen-bond donors (Lipinski definition) is 3. The summed E-state index contributed by atoms with van der Waals surface area (Å²) in [6.45, 7) is 0.863. The minimum Gasteiger partial charge on any atom is -0.453 e. The van der Waals surface area contributed by atoms with Gasteiger partial charge in [0.15, 0.2) is 0 Å². The first-order valence-electron chi connectivity index (χ1n) is 16.0. The van der Waals surface area contributed by atoms with Crippen LogP contribution < -0.4 is 16.0 Å². The Kier molecular flexibility index (Phi) is 11.3. The number of hydrogen-bond acceptors (Lipinski definition) is 7. The molecule has 5 rings (SSSR count). The number of alkyl carbamates (subject to hydrolysis) is 1. The van der Waals surface area contributed by atoms with Crippen molar-refractivity contribution in [2.75, 3.05) is 38.4 Å². The lowest BCUT2D eigenvalue weighted by atomic mass is 9.72. The van der Waals surface area contributed by atoms with Crippen LogP contribution in [0.25, 0.3) is 0 Å². The highest BCUT2D eigenvalue weighted by molar-refractivity contribution is 7.89. The molecule has 252 valence electrons. The van der Waals surface area contributed by atoms with Gasteiger partial charge in [-0.15, -0.1) is 0 Å². The zero-order valence-electron chi connectivity index (χ0n) is 26.3. The zero-order chi connectivity index (χ0) is 32.8. The molecule has 3 fully saturated rings. The van der Waals surface area contributed by atoms with Gasteiger partial charge in [0.25, 0.3) is 0 Å². The number of amides is 2. The summed E-state index contributed by atoms with van der Waals surface area (Å²) < 4.78 is 67.2. The fourth-order valence-corrected chi connectivity index (χ4v) is 9.11. The van der Waals surface area contributed by atoms with Crippen LogP contribution in [0, 0.1) is 17.6 Å². The molecule has 1 saturated carbocycles. The molecular weight excluding hydrogens is 618 g/mol. The highest BCUT2D eigenvalue weighted by Gasteiger charge is 2.40. The number of rotatable bonds is 10. The maximum atomic E-state index is 15.4. The molecule has 0 radical (unpaired) electrons. The Hall–Kier alpha value is -3.13. The second kappa shape index (κ2) is 15.2. The number of nitrogens with zero attached hydrogens (tertiary/aromatic N) is 1.